The molecule has 84 valence electrons. The highest BCUT2D eigenvalue weighted by molar-refractivity contribution is 6.28. The lowest BCUT2D eigenvalue weighted by molar-refractivity contribution is -0.144. The lowest BCUT2D eigenvalue weighted by atomic mass is 9.80. The van der Waals surface area contributed by atoms with Crippen LogP contribution in [0.25, 0.3) is 0 Å². The highest BCUT2D eigenvalue weighted by atomic mass is 35.5. The number of halogens is 1. The number of furan rings is 1. The lowest BCUT2D eigenvalue weighted by Crippen LogP contribution is -2.33. The van der Waals surface area contributed by atoms with Gasteiger partial charge in [-0.2, -0.15) is 0 Å². The number of hydrogen-bond donors (Lipinski definition) is 1. The van der Waals surface area contributed by atoms with Crippen LogP contribution in [-0.2, 0) is 10.2 Å². The third-order valence-corrected chi connectivity index (χ3v) is 2.61. The molecule has 3 nitrogen and oxygen atoms in total. The fraction of sp³-hybridized carbons (Fsp3) is 0.545. The predicted molar refractivity (Wildman–Crippen MR) is 58.2 cm³/mol. The molecule has 0 aliphatic carbocycles. The molecule has 0 saturated heterocycles. The molecule has 0 saturated carbocycles. The topological polar surface area (TPSA) is 50.4 Å². The smallest absolute Gasteiger partial charge is 0.317 e. The minimum Gasteiger partial charge on any atom is -0.480 e. The zero-order valence-corrected chi connectivity index (χ0v) is 9.84. The zero-order chi connectivity index (χ0) is 11.6. The second-order valence-electron chi connectivity index (χ2n) is 4.34. The van der Waals surface area contributed by atoms with Gasteiger partial charge >= 0.3 is 5.97 Å². The van der Waals surface area contributed by atoms with Gasteiger partial charge in [-0.05, 0) is 43.0 Å². The number of aliphatic carboxylic acids is 1. The maximum Gasteiger partial charge on any atom is 0.317 e. The van der Waals surface area contributed by atoms with Crippen LogP contribution in [0.2, 0.25) is 5.22 Å². The van der Waals surface area contributed by atoms with E-state index in [1.807, 2.05) is 13.8 Å². The Bertz CT molecular complexity index is 356. The maximum atomic E-state index is 11.3. The van der Waals surface area contributed by atoms with Crippen molar-refractivity contribution in [2.75, 3.05) is 0 Å². The monoisotopic (exact) mass is 230 g/mol. The van der Waals surface area contributed by atoms with Crippen LogP contribution in [0.5, 0.6) is 0 Å². The van der Waals surface area contributed by atoms with Crippen molar-refractivity contribution in [3.8, 4) is 0 Å². The third-order valence-electron chi connectivity index (χ3n) is 2.41. The van der Waals surface area contributed by atoms with E-state index in [1.165, 1.54) is 0 Å². The van der Waals surface area contributed by atoms with Crippen LogP contribution in [0.15, 0.2) is 16.5 Å². The Kier molecular flexibility index (Phi) is 3.45. The van der Waals surface area contributed by atoms with Crippen molar-refractivity contribution in [2.24, 2.45) is 5.92 Å². The summed E-state index contributed by atoms with van der Waals surface area (Å²) in [7, 11) is 0. The van der Waals surface area contributed by atoms with E-state index >= 15 is 0 Å². The molecule has 1 unspecified atom stereocenters. The summed E-state index contributed by atoms with van der Waals surface area (Å²) in [5, 5.41) is 9.46. The fourth-order valence-corrected chi connectivity index (χ4v) is 1.87. The van der Waals surface area contributed by atoms with Gasteiger partial charge in [0.2, 0.25) is 0 Å². The molecule has 0 aromatic carbocycles. The molecule has 1 heterocycles. The first-order valence-corrected chi connectivity index (χ1v) is 5.23. The molecule has 1 aromatic heterocycles. The Morgan fingerprint density at radius 1 is 1.60 bits per heavy atom. The Hall–Kier alpha value is -0.960. The van der Waals surface area contributed by atoms with E-state index in [1.54, 1.807) is 19.1 Å². The number of carboxylic acid groups (broad SMARTS) is 1. The molecule has 0 bridgehead atoms. The first-order valence-electron chi connectivity index (χ1n) is 4.85. The molecule has 1 rings (SSSR count). The molecule has 0 aliphatic rings. The maximum absolute atomic E-state index is 11.3. The van der Waals surface area contributed by atoms with Crippen LogP contribution in [-0.4, -0.2) is 11.1 Å². The lowest BCUT2D eigenvalue weighted by Gasteiger charge is -2.24. The summed E-state index contributed by atoms with van der Waals surface area (Å²) in [6, 6.07) is 3.19. The quantitative estimate of drug-likeness (QED) is 0.863. The Morgan fingerprint density at radius 2 is 2.20 bits per heavy atom. The summed E-state index contributed by atoms with van der Waals surface area (Å²) < 4.78 is 5.20. The number of hydrogen-bond acceptors (Lipinski definition) is 2. The third kappa shape index (κ3) is 2.53. The molecule has 1 N–H and O–H groups in total. The minimum atomic E-state index is -0.999. The summed E-state index contributed by atoms with van der Waals surface area (Å²) >= 11 is 5.65. The van der Waals surface area contributed by atoms with Gasteiger partial charge in [0.15, 0.2) is 5.22 Å². The first kappa shape index (κ1) is 12.1. The molecule has 0 aliphatic heterocycles. The van der Waals surface area contributed by atoms with Gasteiger partial charge in [0.1, 0.15) is 11.2 Å². The van der Waals surface area contributed by atoms with Crippen molar-refractivity contribution in [3.05, 3.63) is 23.1 Å². The van der Waals surface area contributed by atoms with E-state index in [-0.39, 0.29) is 11.1 Å². The van der Waals surface area contributed by atoms with Crippen LogP contribution >= 0.6 is 11.6 Å². The Balaban J connectivity index is 3.06. The first-order chi connectivity index (χ1) is 6.86. The van der Waals surface area contributed by atoms with E-state index in [2.05, 4.69) is 0 Å². The van der Waals surface area contributed by atoms with Crippen LogP contribution in [0.1, 0.15) is 33.0 Å². The second-order valence-corrected chi connectivity index (χ2v) is 4.71. The van der Waals surface area contributed by atoms with E-state index in [0.29, 0.717) is 12.2 Å². The van der Waals surface area contributed by atoms with Crippen molar-refractivity contribution in [3.63, 3.8) is 0 Å². The molecular formula is C11H15ClO3. The predicted octanol–water partition coefficient (Wildman–Crippen LogP) is 3.32. The summed E-state index contributed by atoms with van der Waals surface area (Å²) in [6.07, 6.45) is 0.520. The van der Waals surface area contributed by atoms with E-state index < -0.39 is 11.4 Å². The summed E-state index contributed by atoms with van der Waals surface area (Å²) in [5.41, 5.74) is -0.999. The standard InChI is InChI=1S/C11H15ClO3/c1-7(2)6-11(3,10(13)14)8-4-5-9(12)15-8/h4-5,7H,6H2,1-3H3,(H,13,14). The Morgan fingerprint density at radius 3 is 2.53 bits per heavy atom. The largest absolute Gasteiger partial charge is 0.480 e. The second kappa shape index (κ2) is 4.27. The highest BCUT2D eigenvalue weighted by Gasteiger charge is 2.38. The SMILES string of the molecule is CC(C)CC(C)(C(=O)O)c1ccc(Cl)o1. The van der Waals surface area contributed by atoms with Gasteiger partial charge in [0, 0.05) is 0 Å². The van der Waals surface area contributed by atoms with Crippen molar-refractivity contribution in [1.82, 2.24) is 0 Å². The molecule has 0 amide bonds. The van der Waals surface area contributed by atoms with Crippen LogP contribution in [0.3, 0.4) is 0 Å². The van der Waals surface area contributed by atoms with E-state index in [9.17, 15) is 9.90 Å². The average molecular weight is 231 g/mol. The van der Waals surface area contributed by atoms with E-state index in [4.69, 9.17) is 16.0 Å². The number of rotatable bonds is 4. The van der Waals surface area contributed by atoms with Crippen LogP contribution < -0.4 is 0 Å². The van der Waals surface area contributed by atoms with Crippen molar-refractivity contribution >= 4 is 17.6 Å². The van der Waals surface area contributed by atoms with Crippen molar-refractivity contribution < 1.29 is 14.3 Å². The van der Waals surface area contributed by atoms with Gasteiger partial charge in [-0.1, -0.05) is 13.8 Å². The minimum absolute atomic E-state index is 0.223. The average Bonchev–Trinajstić information content (AvgIpc) is 2.50. The zero-order valence-electron chi connectivity index (χ0n) is 9.08. The van der Waals surface area contributed by atoms with Gasteiger partial charge < -0.3 is 9.52 Å². The van der Waals surface area contributed by atoms with Gasteiger partial charge in [-0.25, -0.2) is 0 Å². The normalized spacial score (nSPS) is 15.3. The number of carboxylic acids is 1. The molecule has 0 spiro atoms. The molecule has 1 atom stereocenters. The molecular weight excluding hydrogens is 216 g/mol. The summed E-state index contributed by atoms with van der Waals surface area (Å²) in [6.45, 7) is 5.61. The fourth-order valence-electron chi connectivity index (χ4n) is 1.72. The van der Waals surface area contributed by atoms with Gasteiger partial charge in [0.05, 0.1) is 0 Å². The molecule has 1 aromatic rings. The molecule has 15 heavy (non-hydrogen) atoms. The van der Waals surface area contributed by atoms with Gasteiger partial charge in [-0.3, -0.25) is 4.79 Å². The van der Waals surface area contributed by atoms with E-state index in [0.717, 1.165) is 0 Å². The molecule has 0 fully saturated rings. The molecule has 4 heteroatoms. The van der Waals surface area contributed by atoms with Crippen LogP contribution in [0, 0.1) is 5.92 Å². The van der Waals surface area contributed by atoms with Crippen molar-refractivity contribution in [1.29, 1.82) is 0 Å². The number of carbonyl (C=O) groups is 1. The highest BCUT2D eigenvalue weighted by Crippen LogP contribution is 2.33. The summed E-state index contributed by atoms with van der Waals surface area (Å²) in [4.78, 5) is 11.3. The Labute approximate surface area is 94.0 Å². The van der Waals surface area contributed by atoms with Crippen LogP contribution in [0.4, 0.5) is 0 Å². The van der Waals surface area contributed by atoms with Gasteiger partial charge in [0.25, 0.3) is 0 Å². The van der Waals surface area contributed by atoms with Gasteiger partial charge in [-0.15, -0.1) is 0 Å². The van der Waals surface area contributed by atoms with Crippen molar-refractivity contribution in [2.45, 2.75) is 32.6 Å². The molecule has 0 radical (unpaired) electrons. The summed E-state index contributed by atoms with van der Waals surface area (Å²) in [5.74, 6) is -0.203.